The van der Waals surface area contributed by atoms with Crippen LogP contribution in [0.1, 0.15) is 27.0 Å². The van der Waals surface area contributed by atoms with Crippen LogP contribution in [-0.2, 0) is 4.79 Å². The van der Waals surface area contributed by atoms with Crippen LogP contribution in [-0.4, -0.2) is 20.5 Å². The van der Waals surface area contributed by atoms with Gasteiger partial charge in [0.25, 0.3) is 6.23 Å². The summed E-state index contributed by atoms with van der Waals surface area (Å²) in [5.41, 5.74) is -0.727. The number of hydrogen-bond acceptors (Lipinski definition) is 4. The van der Waals surface area contributed by atoms with Gasteiger partial charge < -0.3 is 4.74 Å². The second kappa shape index (κ2) is 7.26. The van der Waals surface area contributed by atoms with E-state index in [-0.39, 0.29) is 36.6 Å². The Morgan fingerprint density at radius 2 is 1.54 bits per heavy atom. The maximum Gasteiger partial charge on any atom is 0.252 e. The average Bonchev–Trinajstić information content (AvgIpc) is 3.04. The molecule has 0 radical (unpaired) electrons. The Labute approximate surface area is 163 Å². The van der Waals surface area contributed by atoms with Gasteiger partial charge in [0, 0.05) is 5.41 Å². The predicted molar refractivity (Wildman–Crippen MR) is 95.6 cm³/mol. The highest BCUT2D eigenvalue weighted by Crippen LogP contribution is 2.49. The minimum absolute atomic E-state index is 0.000127. The van der Waals surface area contributed by atoms with Crippen LogP contribution in [0.2, 0.25) is 25.1 Å². The smallest absolute Gasteiger partial charge is 0.252 e. The van der Waals surface area contributed by atoms with Crippen LogP contribution in [0.15, 0.2) is 12.7 Å². The highest BCUT2D eigenvalue weighted by Gasteiger charge is 2.35. The topological polar surface area (TPSA) is 57.0 Å². The summed E-state index contributed by atoms with van der Waals surface area (Å²) in [7, 11) is 0. The molecule has 0 aliphatic rings. The molecule has 2 rings (SSSR count). The van der Waals surface area contributed by atoms with E-state index in [1.165, 1.54) is 17.3 Å². The highest BCUT2D eigenvalue weighted by molar-refractivity contribution is 6.55. The lowest BCUT2D eigenvalue weighted by Crippen LogP contribution is -2.34. The number of carbonyl (C=O) groups is 1. The number of carbonyl (C=O) groups excluding carboxylic acids is 1. The molecule has 1 heterocycles. The molecule has 130 valence electrons. The number of nitrogens with zero attached hydrogens (tertiary/aromatic N) is 3. The maximum absolute atomic E-state index is 12.7. The third-order valence-electron chi connectivity index (χ3n) is 3.04. The van der Waals surface area contributed by atoms with Gasteiger partial charge in [-0.1, -0.05) is 78.8 Å². The summed E-state index contributed by atoms with van der Waals surface area (Å²) in [6.45, 7) is 5.23. The lowest BCUT2D eigenvalue weighted by Gasteiger charge is -2.26. The van der Waals surface area contributed by atoms with Gasteiger partial charge in [-0.2, -0.15) is 5.10 Å². The Kier molecular flexibility index (Phi) is 5.93. The summed E-state index contributed by atoms with van der Waals surface area (Å²) < 4.78 is 6.99. The van der Waals surface area contributed by atoms with Gasteiger partial charge in [-0.15, -0.1) is 0 Å². The van der Waals surface area contributed by atoms with Crippen molar-refractivity contribution in [3.63, 3.8) is 0 Å². The zero-order chi connectivity index (χ0) is 18.2. The summed E-state index contributed by atoms with van der Waals surface area (Å²) in [6.07, 6.45) is 1.46. The molecule has 0 amide bonds. The van der Waals surface area contributed by atoms with Gasteiger partial charge in [0.15, 0.2) is 5.75 Å². The maximum atomic E-state index is 12.7. The molecule has 2 aromatic rings. The van der Waals surface area contributed by atoms with E-state index in [9.17, 15) is 4.79 Å². The highest BCUT2D eigenvalue weighted by atomic mass is 35.5. The fourth-order valence-electron chi connectivity index (χ4n) is 1.74. The van der Waals surface area contributed by atoms with Crippen molar-refractivity contribution in [3.05, 3.63) is 37.8 Å². The molecule has 0 aliphatic carbocycles. The molecule has 1 aromatic carbocycles. The van der Waals surface area contributed by atoms with Gasteiger partial charge in [0.2, 0.25) is 5.78 Å². The summed E-state index contributed by atoms with van der Waals surface area (Å²) >= 11 is 30.3. The molecule has 0 N–H and O–H groups in total. The minimum Gasteiger partial charge on any atom is -0.458 e. The molecule has 1 unspecified atom stereocenters. The number of ketones is 1. The van der Waals surface area contributed by atoms with Gasteiger partial charge in [0.1, 0.15) is 22.7 Å². The van der Waals surface area contributed by atoms with Crippen LogP contribution in [0.25, 0.3) is 0 Å². The molecule has 1 aromatic heterocycles. The predicted octanol–water partition coefficient (Wildman–Crippen LogP) is 5.74. The van der Waals surface area contributed by atoms with Gasteiger partial charge in [-0.05, 0) is 0 Å². The zero-order valence-electron chi connectivity index (χ0n) is 12.8. The van der Waals surface area contributed by atoms with E-state index < -0.39 is 11.6 Å². The molecular formula is C14H12Cl5N3O2. The van der Waals surface area contributed by atoms with Crippen molar-refractivity contribution in [1.82, 2.24) is 14.8 Å². The van der Waals surface area contributed by atoms with E-state index in [0.717, 1.165) is 0 Å². The van der Waals surface area contributed by atoms with Gasteiger partial charge in [0.05, 0.1) is 15.1 Å². The van der Waals surface area contributed by atoms with Crippen LogP contribution in [0.3, 0.4) is 0 Å². The average molecular weight is 432 g/mol. The third-order valence-corrected chi connectivity index (χ3v) is 5.28. The molecule has 1 atom stereocenters. The van der Waals surface area contributed by atoms with Crippen molar-refractivity contribution < 1.29 is 9.53 Å². The molecule has 0 bridgehead atoms. The summed E-state index contributed by atoms with van der Waals surface area (Å²) in [6, 6.07) is 0. The number of ether oxygens (including phenoxy) is 1. The normalized spacial score (nSPS) is 13.0. The van der Waals surface area contributed by atoms with Gasteiger partial charge in [-0.25, -0.2) is 9.67 Å². The SMILES string of the molecule is CC(C)(C)C(=O)C(Oc1c(Cl)c(Cl)c(Cl)c(Cl)c1Cl)n1cncn1. The molecule has 0 saturated carbocycles. The summed E-state index contributed by atoms with van der Waals surface area (Å²) in [4.78, 5) is 16.6. The number of rotatable bonds is 4. The molecule has 0 fully saturated rings. The van der Waals surface area contributed by atoms with Gasteiger partial charge >= 0.3 is 0 Å². The third kappa shape index (κ3) is 3.75. The molecule has 5 nitrogen and oxygen atoms in total. The van der Waals surface area contributed by atoms with Gasteiger partial charge in [-0.3, -0.25) is 4.79 Å². The van der Waals surface area contributed by atoms with Crippen molar-refractivity contribution in [3.8, 4) is 5.75 Å². The second-order valence-electron chi connectivity index (χ2n) is 5.86. The number of benzene rings is 1. The van der Waals surface area contributed by atoms with Crippen molar-refractivity contribution in [2.45, 2.75) is 27.0 Å². The molecule has 10 heteroatoms. The summed E-state index contributed by atoms with van der Waals surface area (Å²) in [5, 5.41) is 3.80. The zero-order valence-corrected chi connectivity index (χ0v) is 16.6. The fourth-order valence-corrected chi connectivity index (χ4v) is 2.95. The van der Waals surface area contributed by atoms with Crippen LogP contribution >= 0.6 is 58.0 Å². The Hall–Kier alpha value is -0.720. The molecule has 0 aliphatic heterocycles. The Balaban J connectivity index is 2.55. The monoisotopic (exact) mass is 429 g/mol. The summed E-state index contributed by atoms with van der Waals surface area (Å²) in [5.74, 6) is -0.335. The first-order valence-electron chi connectivity index (χ1n) is 6.62. The van der Waals surface area contributed by atoms with E-state index in [4.69, 9.17) is 62.7 Å². The van der Waals surface area contributed by atoms with Crippen LogP contribution in [0.4, 0.5) is 0 Å². The number of Topliss-reactive ketones (excluding diaryl/α,β-unsaturated/α-hetero) is 1. The van der Waals surface area contributed by atoms with Crippen molar-refractivity contribution in [2.24, 2.45) is 5.41 Å². The number of aromatic nitrogens is 3. The fraction of sp³-hybridized carbons (Fsp3) is 0.357. The second-order valence-corrected chi connectivity index (χ2v) is 7.75. The molecule has 0 saturated heterocycles. The lowest BCUT2D eigenvalue weighted by molar-refractivity contribution is -0.138. The van der Waals surface area contributed by atoms with E-state index >= 15 is 0 Å². The minimum atomic E-state index is -1.16. The first-order valence-corrected chi connectivity index (χ1v) is 8.51. The van der Waals surface area contributed by atoms with E-state index in [0.29, 0.717) is 0 Å². The Bertz CT molecular complexity index is 743. The van der Waals surface area contributed by atoms with E-state index in [2.05, 4.69) is 10.1 Å². The van der Waals surface area contributed by atoms with E-state index in [1.54, 1.807) is 20.8 Å². The largest absolute Gasteiger partial charge is 0.458 e. The molecule has 0 spiro atoms. The van der Waals surface area contributed by atoms with Crippen molar-refractivity contribution >= 4 is 63.8 Å². The van der Waals surface area contributed by atoms with Crippen molar-refractivity contribution in [2.75, 3.05) is 0 Å². The van der Waals surface area contributed by atoms with E-state index in [1.807, 2.05) is 0 Å². The van der Waals surface area contributed by atoms with Crippen molar-refractivity contribution in [1.29, 1.82) is 0 Å². The Morgan fingerprint density at radius 1 is 1.04 bits per heavy atom. The number of halogens is 5. The number of hydrogen-bond donors (Lipinski definition) is 0. The molecular weight excluding hydrogens is 419 g/mol. The molecule has 24 heavy (non-hydrogen) atoms. The van der Waals surface area contributed by atoms with Crippen LogP contribution in [0, 0.1) is 5.41 Å². The lowest BCUT2D eigenvalue weighted by atomic mass is 9.90. The first kappa shape index (κ1) is 19.6. The van der Waals surface area contributed by atoms with Crippen LogP contribution in [0.5, 0.6) is 5.75 Å². The standard InChI is InChI=1S/C14H12Cl5N3O2/c1-14(2,3)12(23)13(22-5-20-4-21-22)24-11-9(18)7(16)6(15)8(17)10(11)19/h4-5,13H,1-3H3. The first-order chi connectivity index (χ1) is 11.1. The Morgan fingerprint density at radius 3 is 1.96 bits per heavy atom. The van der Waals surface area contributed by atoms with Crippen LogP contribution < -0.4 is 4.74 Å². The quantitative estimate of drug-likeness (QED) is 0.458.